The molecule has 126 valence electrons. The van der Waals surface area contributed by atoms with Gasteiger partial charge in [-0.3, -0.25) is 0 Å². The lowest BCUT2D eigenvalue weighted by Gasteiger charge is -2.01. The van der Waals surface area contributed by atoms with Gasteiger partial charge in [0.2, 0.25) is 0 Å². The van der Waals surface area contributed by atoms with Crippen molar-refractivity contribution in [1.29, 1.82) is 0 Å². The van der Waals surface area contributed by atoms with Gasteiger partial charge in [0.25, 0.3) is 0 Å². The van der Waals surface area contributed by atoms with Gasteiger partial charge in [-0.2, -0.15) is 0 Å². The van der Waals surface area contributed by atoms with E-state index < -0.39 is 8.60 Å². The quantitative estimate of drug-likeness (QED) is 0.225. The van der Waals surface area contributed by atoms with Crippen LogP contribution >= 0.6 is 8.60 Å². The summed E-state index contributed by atoms with van der Waals surface area (Å²) in [6, 6.07) is 0. The van der Waals surface area contributed by atoms with E-state index in [2.05, 4.69) is 13.8 Å². The summed E-state index contributed by atoms with van der Waals surface area (Å²) in [5.74, 6) is 0. The minimum Gasteiger partial charge on any atom is -0.328 e. The van der Waals surface area contributed by atoms with E-state index >= 15 is 0 Å². The zero-order chi connectivity index (χ0) is 16.2. The van der Waals surface area contributed by atoms with Crippen molar-refractivity contribution in [3.63, 3.8) is 0 Å². The van der Waals surface area contributed by atoms with Gasteiger partial charge in [0.15, 0.2) is 0 Å². The van der Waals surface area contributed by atoms with Crippen LogP contribution in [0, 0.1) is 0 Å². The van der Waals surface area contributed by atoms with Gasteiger partial charge in [-0.15, -0.1) is 9.10 Å². The van der Waals surface area contributed by atoms with Crippen LogP contribution in [0.3, 0.4) is 0 Å². The monoisotopic (exact) mass is 332 g/mol. The highest BCUT2D eigenvalue weighted by Gasteiger charge is 1.96. The van der Waals surface area contributed by atoms with Crippen molar-refractivity contribution < 1.29 is 14.7 Å². The molecule has 5 heteroatoms. The fourth-order valence-corrected chi connectivity index (χ4v) is 4.21. The van der Waals surface area contributed by atoms with Crippen molar-refractivity contribution in [2.24, 2.45) is 0 Å². The highest BCUT2D eigenvalue weighted by molar-refractivity contribution is 7.38. The topological polar surface area (TPSA) is 60.7 Å². The summed E-state index contributed by atoms with van der Waals surface area (Å²) >= 11 is 0.332. The molecular formula is C16H37MgO3P. The maximum Gasteiger partial charge on any atom is 0.364 e. The van der Waals surface area contributed by atoms with Gasteiger partial charge in [-0.25, -0.2) is 0 Å². The van der Waals surface area contributed by atoms with Crippen molar-refractivity contribution in [1.82, 2.24) is 0 Å². The lowest BCUT2D eigenvalue weighted by Crippen LogP contribution is -1.90. The van der Waals surface area contributed by atoms with Crippen LogP contribution < -0.4 is 0 Å². The van der Waals surface area contributed by atoms with Gasteiger partial charge >= 0.3 is 29.0 Å². The third kappa shape index (κ3) is 33.7. The largest absolute Gasteiger partial charge is 0.364 e. The summed E-state index contributed by atoms with van der Waals surface area (Å²) in [4.78, 5) is 21.7. The molecule has 0 aliphatic heterocycles. The summed E-state index contributed by atoms with van der Waals surface area (Å²) in [6.45, 7) is 4.60. The first-order valence-corrected chi connectivity index (χ1v) is 12.2. The number of unbranched alkanes of at least 4 members (excludes halogenated alkanes) is 10. The van der Waals surface area contributed by atoms with Crippen LogP contribution in [-0.2, 0) is 0 Å². The molecule has 3 N–H and O–H groups in total. The van der Waals surface area contributed by atoms with Crippen molar-refractivity contribution in [3.05, 3.63) is 0 Å². The molecule has 0 heterocycles. The molecule has 0 bridgehead atoms. The molecule has 21 heavy (non-hydrogen) atoms. The summed E-state index contributed by atoms with van der Waals surface area (Å²) < 4.78 is 3.25. The van der Waals surface area contributed by atoms with Crippen LogP contribution in [0.2, 0.25) is 9.10 Å². The molecule has 0 saturated carbocycles. The van der Waals surface area contributed by atoms with Gasteiger partial charge in [0.05, 0.1) is 0 Å². The maximum atomic E-state index is 7.23. The lowest BCUT2D eigenvalue weighted by atomic mass is 10.1. The Morgan fingerprint density at radius 2 is 0.857 bits per heavy atom. The minimum atomic E-state index is -2.62. The third-order valence-corrected chi connectivity index (χ3v) is 5.71. The summed E-state index contributed by atoms with van der Waals surface area (Å²) in [6.07, 6.45) is 17.8. The predicted molar refractivity (Wildman–Crippen MR) is 95.7 cm³/mol. The van der Waals surface area contributed by atoms with Crippen LogP contribution in [0.25, 0.3) is 0 Å². The van der Waals surface area contributed by atoms with E-state index in [0.29, 0.717) is 20.4 Å². The molecule has 0 aromatic rings. The summed E-state index contributed by atoms with van der Waals surface area (Å²) in [5.41, 5.74) is 0. The second kappa shape index (κ2) is 23.3. The van der Waals surface area contributed by atoms with E-state index in [9.17, 15) is 0 Å². The fraction of sp³-hybridized carbons (Fsp3) is 1.00. The molecule has 0 unspecified atom stereocenters. The summed E-state index contributed by atoms with van der Waals surface area (Å²) in [5, 5.41) is 0. The number of hydrogen-bond donors (Lipinski definition) is 3. The first-order chi connectivity index (χ1) is 10.1. The molecule has 0 rings (SSSR count). The smallest absolute Gasteiger partial charge is 0.328 e. The lowest BCUT2D eigenvalue weighted by molar-refractivity contribution is 0.368. The van der Waals surface area contributed by atoms with Crippen LogP contribution in [0.5, 0.6) is 0 Å². The average molecular weight is 333 g/mol. The maximum absolute atomic E-state index is 7.23. The Balaban J connectivity index is 0. The van der Waals surface area contributed by atoms with Crippen molar-refractivity contribution >= 4 is 29.0 Å². The number of rotatable bonds is 14. The second-order valence-corrected chi connectivity index (χ2v) is 8.52. The van der Waals surface area contributed by atoms with Crippen LogP contribution in [0.1, 0.15) is 90.9 Å². The Kier molecular flexibility index (Phi) is 27.0. The Labute approximate surface area is 143 Å². The molecule has 0 aromatic carbocycles. The standard InChI is InChI=1S/2C8H17.Mg.H3O3P/c2*1-3-5-7-8-6-4-2;;1-4(2)3/h2*1,3-8H2,2H3;;1-3H. The van der Waals surface area contributed by atoms with E-state index in [4.69, 9.17) is 14.7 Å². The number of hydrogen-bond acceptors (Lipinski definition) is 3. The highest BCUT2D eigenvalue weighted by Crippen LogP contribution is 2.11. The van der Waals surface area contributed by atoms with Crippen molar-refractivity contribution in [3.8, 4) is 0 Å². The molecule has 0 amide bonds. The zero-order valence-corrected chi connectivity index (χ0v) is 16.7. The van der Waals surface area contributed by atoms with Gasteiger partial charge in [-0.1, -0.05) is 90.9 Å². The first-order valence-electron chi connectivity index (χ1n) is 9.01. The summed E-state index contributed by atoms with van der Waals surface area (Å²) in [7, 11) is -2.62. The van der Waals surface area contributed by atoms with Gasteiger partial charge in [-0.05, 0) is 0 Å². The average Bonchev–Trinajstić information content (AvgIpc) is 2.43. The van der Waals surface area contributed by atoms with E-state index in [-0.39, 0.29) is 0 Å². The SMILES string of the molecule is CCCCCCC[CH2][Mg][CH2]CCCCCCC.OP(O)O. The van der Waals surface area contributed by atoms with E-state index in [1.54, 1.807) is 21.9 Å². The molecule has 0 fully saturated rings. The molecular weight excluding hydrogens is 295 g/mol. The van der Waals surface area contributed by atoms with Gasteiger partial charge in [0.1, 0.15) is 0 Å². The Morgan fingerprint density at radius 1 is 0.571 bits per heavy atom. The highest BCUT2D eigenvalue weighted by atomic mass is 31.2. The van der Waals surface area contributed by atoms with E-state index in [0.717, 1.165) is 0 Å². The Bertz CT molecular complexity index is 155. The van der Waals surface area contributed by atoms with Gasteiger partial charge < -0.3 is 14.7 Å². The molecule has 0 aliphatic carbocycles. The van der Waals surface area contributed by atoms with Crippen LogP contribution in [-0.4, -0.2) is 35.0 Å². The predicted octanol–water partition coefficient (Wildman–Crippen LogP) is 5.44. The van der Waals surface area contributed by atoms with Crippen molar-refractivity contribution in [2.75, 3.05) is 0 Å². The molecule has 3 nitrogen and oxygen atoms in total. The molecule has 0 radical (unpaired) electrons. The van der Waals surface area contributed by atoms with Gasteiger partial charge in [0, 0.05) is 0 Å². The molecule has 0 atom stereocenters. The normalized spacial score (nSPS) is 10.2. The van der Waals surface area contributed by atoms with Crippen LogP contribution in [0.15, 0.2) is 0 Å². The fourth-order valence-electron chi connectivity index (χ4n) is 2.44. The van der Waals surface area contributed by atoms with Crippen molar-refractivity contribution in [2.45, 2.75) is 100.0 Å². The minimum absolute atomic E-state index is 0.332. The van der Waals surface area contributed by atoms with E-state index in [1.807, 2.05) is 0 Å². The first kappa shape index (κ1) is 24.3. The molecule has 0 aliphatic rings. The Morgan fingerprint density at radius 3 is 1.19 bits per heavy atom. The van der Waals surface area contributed by atoms with Crippen LogP contribution in [0.4, 0.5) is 0 Å². The molecule has 0 aromatic heterocycles. The zero-order valence-electron chi connectivity index (χ0n) is 14.4. The second-order valence-electron chi connectivity index (χ2n) is 5.86. The third-order valence-electron chi connectivity index (χ3n) is 3.71. The van der Waals surface area contributed by atoms with E-state index in [1.165, 1.54) is 64.2 Å². The molecule has 0 spiro atoms. The molecule has 0 saturated heterocycles. The Hall–Kier alpha value is 1.08.